The lowest BCUT2D eigenvalue weighted by Gasteiger charge is -2.00. The van der Waals surface area contributed by atoms with Gasteiger partial charge in [0.25, 0.3) is 0 Å². The van der Waals surface area contributed by atoms with E-state index in [4.69, 9.17) is 0 Å². The van der Waals surface area contributed by atoms with E-state index in [0.29, 0.717) is 0 Å². The van der Waals surface area contributed by atoms with Gasteiger partial charge in [0.15, 0.2) is 0 Å². The summed E-state index contributed by atoms with van der Waals surface area (Å²) in [5.41, 5.74) is 0.803. The van der Waals surface area contributed by atoms with Crippen LogP contribution in [0, 0.1) is 0 Å². The zero-order valence-corrected chi connectivity index (χ0v) is 8.84. The van der Waals surface area contributed by atoms with Crippen molar-refractivity contribution in [2.45, 2.75) is 6.92 Å². The predicted molar refractivity (Wildman–Crippen MR) is 57.8 cm³/mol. The van der Waals surface area contributed by atoms with Gasteiger partial charge in [0.2, 0.25) is 5.91 Å². The normalized spacial score (nSPS) is 11.1. The maximum absolute atomic E-state index is 11.2. The van der Waals surface area contributed by atoms with Crippen molar-refractivity contribution in [2.24, 2.45) is 0 Å². The van der Waals surface area contributed by atoms with Gasteiger partial charge in [-0.3, -0.25) is 4.79 Å². The van der Waals surface area contributed by atoms with Crippen LogP contribution in [0.3, 0.4) is 0 Å². The van der Waals surface area contributed by atoms with Crippen LogP contribution in [0.2, 0.25) is 0 Å². The Hall–Kier alpha value is -1.09. The first-order valence-corrected chi connectivity index (χ1v) is 4.67. The summed E-state index contributed by atoms with van der Waals surface area (Å²) in [6.07, 6.45) is 1.49. The largest absolute Gasteiger partial charge is 0.322 e. The van der Waals surface area contributed by atoms with E-state index < -0.39 is 0 Å². The summed E-state index contributed by atoms with van der Waals surface area (Å²) >= 11 is 3.19. The average molecular weight is 240 g/mol. The topological polar surface area (TPSA) is 29.1 Å². The van der Waals surface area contributed by atoms with Crippen molar-refractivity contribution in [3.05, 3.63) is 40.9 Å². The molecule has 0 aliphatic carbocycles. The molecule has 1 aromatic carbocycles. The quantitative estimate of drug-likeness (QED) is 0.791. The summed E-state index contributed by atoms with van der Waals surface area (Å²) in [7, 11) is 0. The Bertz CT molecular complexity index is 315. The SMILES string of the molecule is C/C(Br)=C\C(=O)Nc1ccccc1. The number of carbonyl (C=O) groups is 1. The lowest BCUT2D eigenvalue weighted by atomic mass is 10.3. The maximum atomic E-state index is 11.2. The van der Waals surface area contributed by atoms with Gasteiger partial charge in [-0.25, -0.2) is 0 Å². The number of anilines is 1. The molecule has 68 valence electrons. The molecular weight excluding hydrogens is 230 g/mol. The van der Waals surface area contributed by atoms with E-state index in [-0.39, 0.29) is 5.91 Å². The van der Waals surface area contributed by atoms with Gasteiger partial charge >= 0.3 is 0 Å². The zero-order valence-electron chi connectivity index (χ0n) is 7.25. The van der Waals surface area contributed by atoms with Crippen LogP contribution < -0.4 is 5.32 Å². The molecule has 0 radical (unpaired) electrons. The van der Waals surface area contributed by atoms with Gasteiger partial charge in [-0.05, 0) is 23.5 Å². The number of rotatable bonds is 2. The lowest BCUT2D eigenvalue weighted by Crippen LogP contribution is -2.07. The van der Waals surface area contributed by atoms with Gasteiger partial charge < -0.3 is 5.32 Å². The summed E-state index contributed by atoms with van der Waals surface area (Å²) < 4.78 is 0.806. The number of halogens is 1. The monoisotopic (exact) mass is 239 g/mol. The molecule has 13 heavy (non-hydrogen) atoms. The molecule has 0 spiro atoms. The third kappa shape index (κ3) is 3.90. The van der Waals surface area contributed by atoms with Crippen molar-refractivity contribution >= 4 is 27.5 Å². The number of hydrogen-bond acceptors (Lipinski definition) is 1. The molecule has 0 atom stereocenters. The second kappa shape index (κ2) is 4.82. The predicted octanol–water partition coefficient (Wildman–Crippen LogP) is 2.92. The van der Waals surface area contributed by atoms with Crippen molar-refractivity contribution in [1.29, 1.82) is 0 Å². The number of allylic oxidation sites excluding steroid dienone is 1. The van der Waals surface area contributed by atoms with Crippen molar-refractivity contribution in [1.82, 2.24) is 0 Å². The first-order chi connectivity index (χ1) is 6.18. The van der Waals surface area contributed by atoms with Crippen molar-refractivity contribution in [3.8, 4) is 0 Å². The number of para-hydroxylation sites is 1. The second-order valence-corrected chi connectivity index (χ2v) is 3.84. The van der Waals surface area contributed by atoms with Crippen LogP contribution in [-0.4, -0.2) is 5.91 Å². The molecule has 0 saturated heterocycles. The molecule has 1 N–H and O–H groups in total. The molecule has 1 amide bonds. The van der Waals surface area contributed by atoms with Gasteiger partial charge in [-0.15, -0.1) is 0 Å². The molecule has 3 heteroatoms. The summed E-state index contributed by atoms with van der Waals surface area (Å²) in [5.74, 6) is -0.124. The fraction of sp³-hybridized carbons (Fsp3) is 0.100. The van der Waals surface area contributed by atoms with E-state index in [2.05, 4.69) is 21.2 Å². The minimum Gasteiger partial charge on any atom is -0.322 e. The van der Waals surface area contributed by atoms with Crippen LogP contribution in [0.15, 0.2) is 40.9 Å². The second-order valence-electron chi connectivity index (χ2n) is 2.59. The highest BCUT2D eigenvalue weighted by molar-refractivity contribution is 9.11. The number of carbonyl (C=O) groups excluding carboxylic acids is 1. The van der Waals surface area contributed by atoms with Gasteiger partial charge in [0.1, 0.15) is 0 Å². The van der Waals surface area contributed by atoms with Crippen LogP contribution >= 0.6 is 15.9 Å². The number of nitrogens with one attached hydrogen (secondary N) is 1. The maximum Gasteiger partial charge on any atom is 0.249 e. The van der Waals surface area contributed by atoms with Gasteiger partial charge in [-0.2, -0.15) is 0 Å². The fourth-order valence-electron chi connectivity index (χ4n) is 0.880. The van der Waals surface area contributed by atoms with E-state index in [1.54, 1.807) is 0 Å². The van der Waals surface area contributed by atoms with Crippen molar-refractivity contribution in [3.63, 3.8) is 0 Å². The Kier molecular flexibility index (Phi) is 3.71. The van der Waals surface area contributed by atoms with Crippen LogP contribution in [0.1, 0.15) is 6.92 Å². The molecular formula is C10H10BrNO. The number of hydrogen-bond donors (Lipinski definition) is 1. The highest BCUT2D eigenvalue weighted by atomic mass is 79.9. The Morgan fingerprint density at radius 2 is 2.00 bits per heavy atom. The summed E-state index contributed by atoms with van der Waals surface area (Å²) in [6.45, 7) is 1.81. The lowest BCUT2D eigenvalue weighted by molar-refractivity contribution is -0.111. The minimum absolute atomic E-state index is 0.124. The molecule has 0 unspecified atom stereocenters. The molecule has 0 aromatic heterocycles. The molecule has 0 heterocycles. The van der Waals surface area contributed by atoms with Crippen LogP contribution in [0.25, 0.3) is 0 Å². The Morgan fingerprint density at radius 3 is 2.54 bits per heavy atom. The Labute approximate surface area is 85.8 Å². The standard InChI is InChI=1S/C10H10BrNO/c1-8(11)7-10(13)12-9-5-3-2-4-6-9/h2-7H,1H3,(H,12,13)/b8-7+. The van der Waals surface area contributed by atoms with Crippen LogP contribution in [-0.2, 0) is 4.79 Å². The zero-order chi connectivity index (χ0) is 9.68. The van der Waals surface area contributed by atoms with Gasteiger partial charge in [-0.1, -0.05) is 34.1 Å². The fourth-order valence-corrected chi connectivity index (χ4v) is 1.09. The third-order valence-electron chi connectivity index (χ3n) is 1.37. The highest BCUT2D eigenvalue weighted by Crippen LogP contribution is 2.06. The van der Waals surface area contributed by atoms with Crippen molar-refractivity contribution in [2.75, 3.05) is 5.32 Å². The van der Waals surface area contributed by atoms with E-state index >= 15 is 0 Å². The van der Waals surface area contributed by atoms with Crippen LogP contribution in [0.5, 0.6) is 0 Å². The smallest absolute Gasteiger partial charge is 0.249 e. The number of amides is 1. The van der Waals surface area contributed by atoms with Gasteiger partial charge in [0, 0.05) is 11.8 Å². The highest BCUT2D eigenvalue weighted by Gasteiger charge is 1.96. The number of benzene rings is 1. The molecule has 0 saturated carbocycles. The molecule has 0 bridgehead atoms. The Balaban J connectivity index is 2.61. The summed E-state index contributed by atoms with van der Waals surface area (Å²) in [6, 6.07) is 9.34. The molecule has 2 nitrogen and oxygen atoms in total. The molecule has 1 aromatic rings. The first-order valence-electron chi connectivity index (χ1n) is 3.88. The third-order valence-corrected chi connectivity index (χ3v) is 1.60. The molecule has 1 rings (SSSR count). The Morgan fingerprint density at radius 1 is 1.38 bits per heavy atom. The van der Waals surface area contributed by atoms with E-state index in [1.807, 2.05) is 37.3 Å². The van der Waals surface area contributed by atoms with Crippen molar-refractivity contribution < 1.29 is 4.79 Å². The van der Waals surface area contributed by atoms with E-state index in [1.165, 1.54) is 6.08 Å². The molecule has 0 aliphatic heterocycles. The van der Waals surface area contributed by atoms with E-state index in [9.17, 15) is 4.79 Å². The van der Waals surface area contributed by atoms with Crippen LogP contribution in [0.4, 0.5) is 5.69 Å². The average Bonchev–Trinajstić information content (AvgIpc) is 2.04. The minimum atomic E-state index is -0.124. The first kappa shape index (κ1) is 9.99. The molecule has 0 aliphatic rings. The summed E-state index contributed by atoms with van der Waals surface area (Å²) in [5, 5.41) is 2.73. The summed E-state index contributed by atoms with van der Waals surface area (Å²) in [4.78, 5) is 11.2. The van der Waals surface area contributed by atoms with Gasteiger partial charge in [0.05, 0.1) is 0 Å². The molecule has 0 fully saturated rings. The van der Waals surface area contributed by atoms with E-state index in [0.717, 1.165) is 10.2 Å².